The van der Waals surface area contributed by atoms with Crippen LogP contribution in [0.4, 0.5) is 0 Å². The number of hydrogen-bond acceptors (Lipinski definition) is 6. The summed E-state index contributed by atoms with van der Waals surface area (Å²) in [6.45, 7) is 3.94. The SMILES string of the molecule is Cc1n[nH]c(C)c1CCc1nc(-c2ccc(S(C)(=O)=O)cc2)no1. The predicted molar refractivity (Wildman–Crippen MR) is 88.3 cm³/mol. The first kappa shape index (κ1) is 16.4. The van der Waals surface area contributed by atoms with Crippen LogP contribution in [0.5, 0.6) is 0 Å². The second-order valence-corrected chi connectivity index (χ2v) is 7.74. The molecule has 3 aromatic rings. The molecule has 1 N–H and O–H groups in total. The molecule has 0 aliphatic rings. The fourth-order valence-electron chi connectivity index (χ4n) is 2.50. The molecule has 0 radical (unpaired) electrons. The first-order chi connectivity index (χ1) is 11.3. The van der Waals surface area contributed by atoms with E-state index in [0.29, 0.717) is 23.7 Å². The number of aryl methyl sites for hydroxylation is 3. The molecule has 0 saturated heterocycles. The molecule has 126 valence electrons. The van der Waals surface area contributed by atoms with Gasteiger partial charge in [-0.05, 0) is 50.1 Å². The first-order valence-corrected chi connectivity index (χ1v) is 9.37. The summed E-state index contributed by atoms with van der Waals surface area (Å²) < 4.78 is 28.2. The van der Waals surface area contributed by atoms with Crippen molar-refractivity contribution in [3.05, 3.63) is 47.1 Å². The van der Waals surface area contributed by atoms with Gasteiger partial charge in [-0.25, -0.2) is 8.42 Å². The molecule has 0 saturated carbocycles. The van der Waals surface area contributed by atoms with Gasteiger partial charge in [-0.1, -0.05) is 5.16 Å². The lowest BCUT2D eigenvalue weighted by atomic mass is 10.1. The standard InChI is InChI=1S/C16H18N4O3S/c1-10-14(11(2)19-18-10)8-9-15-17-16(20-23-15)12-4-6-13(7-5-12)24(3,21)22/h4-7H,8-9H2,1-3H3,(H,18,19). The molecule has 0 aliphatic carbocycles. The molecular formula is C16H18N4O3S. The van der Waals surface area contributed by atoms with E-state index >= 15 is 0 Å². The minimum Gasteiger partial charge on any atom is -0.339 e. The summed E-state index contributed by atoms with van der Waals surface area (Å²) in [5, 5.41) is 11.1. The van der Waals surface area contributed by atoms with Crippen LogP contribution < -0.4 is 0 Å². The van der Waals surface area contributed by atoms with E-state index in [9.17, 15) is 8.42 Å². The molecule has 1 aromatic carbocycles. The maximum atomic E-state index is 11.5. The lowest BCUT2D eigenvalue weighted by Crippen LogP contribution is -1.96. The maximum Gasteiger partial charge on any atom is 0.227 e. The Morgan fingerprint density at radius 1 is 1.12 bits per heavy atom. The molecule has 0 amide bonds. The first-order valence-electron chi connectivity index (χ1n) is 7.48. The Bertz CT molecular complexity index is 936. The van der Waals surface area contributed by atoms with Crippen LogP contribution in [-0.4, -0.2) is 35.0 Å². The predicted octanol–water partition coefficient (Wildman–Crippen LogP) is 2.27. The zero-order chi connectivity index (χ0) is 17.3. The van der Waals surface area contributed by atoms with E-state index in [4.69, 9.17) is 4.52 Å². The van der Waals surface area contributed by atoms with Crippen LogP contribution in [-0.2, 0) is 22.7 Å². The third kappa shape index (κ3) is 3.38. The lowest BCUT2D eigenvalue weighted by molar-refractivity contribution is 0.379. The lowest BCUT2D eigenvalue weighted by Gasteiger charge is -1.99. The number of benzene rings is 1. The van der Waals surface area contributed by atoms with Crippen LogP contribution in [0.3, 0.4) is 0 Å². The smallest absolute Gasteiger partial charge is 0.227 e. The Hall–Kier alpha value is -2.48. The van der Waals surface area contributed by atoms with E-state index in [2.05, 4.69) is 20.3 Å². The highest BCUT2D eigenvalue weighted by Crippen LogP contribution is 2.20. The fourth-order valence-corrected chi connectivity index (χ4v) is 3.13. The quantitative estimate of drug-likeness (QED) is 0.760. The van der Waals surface area contributed by atoms with Crippen molar-refractivity contribution in [1.82, 2.24) is 20.3 Å². The Labute approximate surface area is 140 Å². The van der Waals surface area contributed by atoms with Gasteiger partial charge in [0.1, 0.15) is 0 Å². The number of nitrogens with zero attached hydrogens (tertiary/aromatic N) is 3. The average molecular weight is 346 g/mol. The van der Waals surface area contributed by atoms with E-state index in [0.717, 1.165) is 23.4 Å². The van der Waals surface area contributed by atoms with Crippen molar-refractivity contribution >= 4 is 9.84 Å². The van der Waals surface area contributed by atoms with Gasteiger partial charge < -0.3 is 4.52 Å². The van der Waals surface area contributed by atoms with Gasteiger partial charge in [-0.2, -0.15) is 10.1 Å². The molecule has 0 spiro atoms. The molecule has 2 heterocycles. The average Bonchev–Trinajstić information content (AvgIpc) is 3.12. The number of aromatic amines is 1. The fraction of sp³-hybridized carbons (Fsp3) is 0.312. The van der Waals surface area contributed by atoms with Crippen molar-refractivity contribution < 1.29 is 12.9 Å². The van der Waals surface area contributed by atoms with Crippen molar-refractivity contribution in [2.45, 2.75) is 31.6 Å². The molecule has 0 atom stereocenters. The number of nitrogens with one attached hydrogen (secondary N) is 1. The highest BCUT2D eigenvalue weighted by Gasteiger charge is 2.13. The number of hydrogen-bond donors (Lipinski definition) is 1. The Morgan fingerprint density at radius 3 is 2.42 bits per heavy atom. The summed E-state index contributed by atoms with van der Waals surface area (Å²) in [6.07, 6.45) is 2.56. The van der Waals surface area contributed by atoms with Crippen molar-refractivity contribution in [3.8, 4) is 11.4 Å². The second-order valence-electron chi connectivity index (χ2n) is 5.72. The zero-order valence-electron chi connectivity index (χ0n) is 13.7. The van der Waals surface area contributed by atoms with Crippen molar-refractivity contribution in [2.75, 3.05) is 6.26 Å². The van der Waals surface area contributed by atoms with Crippen LogP contribution in [0, 0.1) is 13.8 Å². The number of aromatic nitrogens is 4. The summed E-state index contributed by atoms with van der Waals surface area (Å²) in [7, 11) is -3.21. The highest BCUT2D eigenvalue weighted by atomic mass is 32.2. The Balaban J connectivity index is 1.74. The van der Waals surface area contributed by atoms with Crippen LogP contribution >= 0.6 is 0 Å². The van der Waals surface area contributed by atoms with Crippen molar-refractivity contribution in [1.29, 1.82) is 0 Å². The van der Waals surface area contributed by atoms with Gasteiger partial charge >= 0.3 is 0 Å². The molecule has 0 bridgehead atoms. The van der Waals surface area contributed by atoms with Gasteiger partial charge in [0.25, 0.3) is 0 Å². The van der Waals surface area contributed by atoms with Gasteiger partial charge in [-0.3, -0.25) is 5.10 Å². The summed E-state index contributed by atoms with van der Waals surface area (Å²) in [6, 6.07) is 6.43. The minimum absolute atomic E-state index is 0.265. The van der Waals surface area contributed by atoms with Crippen LogP contribution in [0.1, 0.15) is 22.8 Å². The maximum absolute atomic E-state index is 11.5. The van der Waals surface area contributed by atoms with Gasteiger partial charge in [-0.15, -0.1) is 0 Å². The van der Waals surface area contributed by atoms with E-state index in [1.807, 2.05) is 13.8 Å². The number of rotatable bonds is 5. The summed E-state index contributed by atoms with van der Waals surface area (Å²) >= 11 is 0. The molecular weight excluding hydrogens is 328 g/mol. The highest BCUT2D eigenvalue weighted by molar-refractivity contribution is 7.90. The Kier molecular flexibility index (Phi) is 4.23. The molecule has 7 nitrogen and oxygen atoms in total. The molecule has 0 aliphatic heterocycles. The monoisotopic (exact) mass is 346 g/mol. The molecule has 2 aromatic heterocycles. The van der Waals surface area contributed by atoms with Gasteiger partial charge in [0, 0.05) is 23.9 Å². The van der Waals surface area contributed by atoms with E-state index in [1.165, 1.54) is 6.26 Å². The summed E-state index contributed by atoms with van der Waals surface area (Å²) in [5.41, 5.74) is 3.90. The molecule has 0 fully saturated rings. The summed E-state index contributed by atoms with van der Waals surface area (Å²) in [5.74, 6) is 0.989. The van der Waals surface area contributed by atoms with E-state index in [-0.39, 0.29) is 4.90 Å². The van der Waals surface area contributed by atoms with Gasteiger partial charge in [0.15, 0.2) is 9.84 Å². The van der Waals surface area contributed by atoms with E-state index in [1.54, 1.807) is 24.3 Å². The zero-order valence-corrected chi connectivity index (χ0v) is 14.5. The third-order valence-electron chi connectivity index (χ3n) is 3.88. The summed E-state index contributed by atoms with van der Waals surface area (Å²) in [4.78, 5) is 4.64. The molecule has 24 heavy (non-hydrogen) atoms. The number of sulfone groups is 1. The Morgan fingerprint density at radius 2 is 1.83 bits per heavy atom. The topological polar surface area (TPSA) is 102 Å². The van der Waals surface area contributed by atoms with Crippen molar-refractivity contribution in [3.63, 3.8) is 0 Å². The normalized spacial score (nSPS) is 11.8. The minimum atomic E-state index is -3.21. The number of H-pyrrole nitrogens is 1. The largest absolute Gasteiger partial charge is 0.339 e. The molecule has 0 unspecified atom stereocenters. The van der Waals surface area contributed by atoms with Gasteiger partial charge in [0.05, 0.1) is 10.6 Å². The van der Waals surface area contributed by atoms with Crippen LogP contribution in [0.2, 0.25) is 0 Å². The van der Waals surface area contributed by atoms with E-state index < -0.39 is 9.84 Å². The second kappa shape index (κ2) is 6.20. The molecule has 3 rings (SSSR count). The van der Waals surface area contributed by atoms with Crippen LogP contribution in [0.15, 0.2) is 33.7 Å². The van der Waals surface area contributed by atoms with Crippen LogP contribution in [0.25, 0.3) is 11.4 Å². The van der Waals surface area contributed by atoms with Gasteiger partial charge in [0.2, 0.25) is 11.7 Å². The van der Waals surface area contributed by atoms with Crippen molar-refractivity contribution in [2.24, 2.45) is 0 Å². The third-order valence-corrected chi connectivity index (χ3v) is 5.01. The molecule has 8 heteroatoms.